The van der Waals surface area contributed by atoms with E-state index in [1.807, 2.05) is 41.6 Å². The zero-order chi connectivity index (χ0) is 19.1. The first-order valence-electron chi connectivity index (χ1n) is 9.61. The van der Waals surface area contributed by atoms with E-state index in [4.69, 9.17) is 4.74 Å². The highest BCUT2D eigenvalue weighted by atomic mass is 16.5. The van der Waals surface area contributed by atoms with Gasteiger partial charge in [0, 0.05) is 24.6 Å². The average molecular weight is 378 g/mol. The molecular weight excluding hydrogens is 356 g/mol. The molecule has 8 nitrogen and oxygen atoms in total. The molecule has 0 spiro atoms. The van der Waals surface area contributed by atoms with Gasteiger partial charge in [0.05, 0.1) is 18.8 Å². The lowest BCUT2D eigenvalue weighted by atomic mass is 10.1. The van der Waals surface area contributed by atoms with Crippen LogP contribution in [0.4, 0.5) is 0 Å². The van der Waals surface area contributed by atoms with Crippen molar-refractivity contribution >= 4 is 5.91 Å². The van der Waals surface area contributed by atoms with E-state index in [0.717, 1.165) is 35.8 Å². The van der Waals surface area contributed by atoms with E-state index in [1.165, 1.54) is 12.8 Å². The van der Waals surface area contributed by atoms with Gasteiger partial charge in [0.1, 0.15) is 23.6 Å². The molecule has 0 bridgehead atoms. The Balaban J connectivity index is 1.29. The van der Waals surface area contributed by atoms with Crippen LogP contribution in [0.5, 0.6) is 5.75 Å². The molecular formula is C20H22N6O2. The number of amides is 1. The van der Waals surface area contributed by atoms with Crippen molar-refractivity contribution in [3.05, 3.63) is 48.2 Å². The third-order valence-corrected chi connectivity index (χ3v) is 5.58. The number of hydrogen-bond donors (Lipinski definition) is 1. The minimum absolute atomic E-state index is 0.0178. The summed E-state index contributed by atoms with van der Waals surface area (Å²) in [6, 6.07) is 9.69. The maximum Gasteiger partial charge on any atom is 0.271 e. The SMILES string of the molecule is COc1ccc(-c2cc(C(=O)N3CCC(n4cnnc4C4CC4)C3)[nH]n2)cc1. The van der Waals surface area contributed by atoms with Crippen LogP contribution in [-0.2, 0) is 0 Å². The van der Waals surface area contributed by atoms with E-state index < -0.39 is 0 Å². The van der Waals surface area contributed by atoms with Crippen LogP contribution in [0.25, 0.3) is 11.3 Å². The summed E-state index contributed by atoms with van der Waals surface area (Å²) in [5.41, 5.74) is 2.20. The Morgan fingerprint density at radius 3 is 2.79 bits per heavy atom. The molecule has 1 atom stereocenters. The molecule has 2 aromatic heterocycles. The second kappa shape index (κ2) is 6.78. The fraction of sp³-hybridized carbons (Fsp3) is 0.400. The predicted octanol–water partition coefficient (Wildman–Crippen LogP) is 2.64. The third-order valence-electron chi connectivity index (χ3n) is 5.58. The van der Waals surface area contributed by atoms with Crippen LogP contribution in [0.1, 0.15) is 47.5 Å². The van der Waals surface area contributed by atoms with Crippen LogP contribution in [0, 0.1) is 0 Å². The first-order chi connectivity index (χ1) is 13.7. The van der Waals surface area contributed by atoms with Crippen LogP contribution >= 0.6 is 0 Å². The number of carbonyl (C=O) groups is 1. The number of ether oxygens (including phenoxy) is 1. The van der Waals surface area contributed by atoms with E-state index in [9.17, 15) is 4.79 Å². The standard InChI is InChI=1S/C20H22N6O2/c1-28-16-6-4-13(5-7-16)17-10-18(23-22-17)20(27)25-9-8-15(11-25)26-12-21-24-19(26)14-2-3-14/h4-7,10,12,14-15H,2-3,8-9,11H2,1H3,(H,22,23). The van der Waals surface area contributed by atoms with Gasteiger partial charge in [-0.25, -0.2) is 0 Å². The molecule has 8 heteroatoms. The van der Waals surface area contributed by atoms with Crippen molar-refractivity contribution in [2.75, 3.05) is 20.2 Å². The number of benzene rings is 1. The number of rotatable bonds is 5. The quantitative estimate of drug-likeness (QED) is 0.737. The summed E-state index contributed by atoms with van der Waals surface area (Å²) in [5, 5.41) is 15.6. The number of H-pyrrole nitrogens is 1. The van der Waals surface area contributed by atoms with Crippen molar-refractivity contribution in [3.8, 4) is 17.0 Å². The van der Waals surface area contributed by atoms with Crippen LogP contribution in [0.2, 0.25) is 0 Å². The summed E-state index contributed by atoms with van der Waals surface area (Å²) in [7, 11) is 1.64. The van der Waals surface area contributed by atoms with Crippen molar-refractivity contribution in [3.63, 3.8) is 0 Å². The van der Waals surface area contributed by atoms with Crippen LogP contribution in [-0.4, -0.2) is 56.0 Å². The topological polar surface area (TPSA) is 88.9 Å². The molecule has 1 aliphatic heterocycles. The lowest BCUT2D eigenvalue weighted by Crippen LogP contribution is -2.29. The highest BCUT2D eigenvalue weighted by molar-refractivity contribution is 5.93. The Kier molecular flexibility index (Phi) is 4.11. The molecule has 28 heavy (non-hydrogen) atoms. The number of aromatic amines is 1. The molecule has 1 amide bonds. The fourth-order valence-electron chi connectivity index (χ4n) is 3.83. The van der Waals surface area contributed by atoms with Gasteiger partial charge in [-0.05, 0) is 49.6 Å². The molecule has 1 aromatic carbocycles. The molecule has 3 heterocycles. The second-order valence-electron chi connectivity index (χ2n) is 7.46. The van der Waals surface area contributed by atoms with Crippen molar-refractivity contribution in [1.82, 2.24) is 29.9 Å². The maximum absolute atomic E-state index is 12.9. The smallest absolute Gasteiger partial charge is 0.271 e. The lowest BCUT2D eigenvalue weighted by molar-refractivity contribution is 0.0781. The maximum atomic E-state index is 12.9. The lowest BCUT2D eigenvalue weighted by Gasteiger charge is -2.17. The Morgan fingerprint density at radius 2 is 2.04 bits per heavy atom. The van der Waals surface area contributed by atoms with Crippen LogP contribution < -0.4 is 4.74 Å². The summed E-state index contributed by atoms with van der Waals surface area (Å²) >= 11 is 0. The molecule has 3 aromatic rings. The van der Waals surface area contributed by atoms with E-state index in [-0.39, 0.29) is 11.9 Å². The highest BCUT2D eigenvalue weighted by Crippen LogP contribution is 2.40. The van der Waals surface area contributed by atoms with Crippen molar-refractivity contribution in [1.29, 1.82) is 0 Å². The first kappa shape index (κ1) is 17.0. The molecule has 2 aliphatic rings. The van der Waals surface area contributed by atoms with Gasteiger partial charge in [-0.2, -0.15) is 5.10 Å². The van der Waals surface area contributed by atoms with Gasteiger partial charge in [0.15, 0.2) is 0 Å². The number of aromatic nitrogens is 5. The average Bonchev–Trinajstić information content (AvgIpc) is 3.17. The molecule has 144 valence electrons. The third kappa shape index (κ3) is 3.04. The van der Waals surface area contributed by atoms with Crippen molar-refractivity contribution in [2.24, 2.45) is 0 Å². The largest absolute Gasteiger partial charge is 0.497 e. The number of nitrogens with one attached hydrogen (secondary N) is 1. The summed E-state index contributed by atoms with van der Waals surface area (Å²) in [4.78, 5) is 14.8. The monoisotopic (exact) mass is 378 g/mol. The Morgan fingerprint density at radius 1 is 1.21 bits per heavy atom. The zero-order valence-electron chi connectivity index (χ0n) is 15.7. The predicted molar refractivity (Wildman–Crippen MR) is 102 cm³/mol. The molecule has 0 radical (unpaired) electrons. The second-order valence-corrected chi connectivity index (χ2v) is 7.46. The molecule has 1 saturated heterocycles. The molecule has 1 N–H and O–H groups in total. The number of nitrogens with zero attached hydrogens (tertiary/aromatic N) is 5. The Bertz CT molecular complexity index is 988. The molecule has 1 aliphatic carbocycles. The minimum atomic E-state index is -0.0178. The van der Waals surface area contributed by atoms with Gasteiger partial charge in [-0.1, -0.05) is 0 Å². The molecule has 2 fully saturated rings. The number of methoxy groups -OCH3 is 1. The van der Waals surface area contributed by atoms with Gasteiger partial charge in [0.25, 0.3) is 5.91 Å². The molecule has 1 saturated carbocycles. The summed E-state index contributed by atoms with van der Waals surface area (Å²) in [6.07, 6.45) is 5.11. The van der Waals surface area contributed by atoms with Gasteiger partial charge in [-0.3, -0.25) is 9.89 Å². The summed E-state index contributed by atoms with van der Waals surface area (Å²) < 4.78 is 7.35. The van der Waals surface area contributed by atoms with Gasteiger partial charge >= 0.3 is 0 Å². The number of likely N-dealkylation sites (tertiary alicyclic amines) is 1. The fourth-order valence-corrected chi connectivity index (χ4v) is 3.83. The van der Waals surface area contributed by atoms with Gasteiger partial charge < -0.3 is 14.2 Å². The first-order valence-corrected chi connectivity index (χ1v) is 9.61. The summed E-state index contributed by atoms with van der Waals surface area (Å²) in [6.45, 7) is 1.40. The van der Waals surface area contributed by atoms with Crippen molar-refractivity contribution < 1.29 is 9.53 Å². The zero-order valence-corrected chi connectivity index (χ0v) is 15.7. The van der Waals surface area contributed by atoms with E-state index >= 15 is 0 Å². The summed E-state index contributed by atoms with van der Waals surface area (Å²) in [5.74, 6) is 2.39. The van der Waals surface area contributed by atoms with Crippen LogP contribution in [0.15, 0.2) is 36.7 Å². The minimum Gasteiger partial charge on any atom is -0.497 e. The molecule has 5 rings (SSSR count). The van der Waals surface area contributed by atoms with Crippen molar-refractivity contribution in [2.45, 2.75) is 31.2 Å². The van der Waals surface area contributed by atoms with E-state index in [2.05, 4.69) is 25.0 Å². The Hall–Kier alpha value is -3.16. The van der Waals surface area contributed by atoms with E-state index in [1.54, 1.807) is 7.11 Å². The number of carbonyl (C=O) groups excluding carboxylic acids is 1. The van der Waals surface area contributed by atoms with Crippen LogP contribution in [0.3, 0.4) is 0 Å². The normalized spacial score (nSPS) is 19.2. The van der Waals surface area contributed by atoms with Gasteiger partial charge in [-0.15, -0.1) is 10.2 Å². The Labute approximate surface area is 162 Å². The molecule has 1 unspecified atom stereocenters. The number of hydrogen-bond acceptors (Lipinski definition) is 5. The van der Waals surface area contributed by atoms with Gasteiger partial charge in [0.2, 0.25) is 0 Å². The highest BCUT2D eigenvalue weighted by Gasteiger charge is 2.34. The van der Waals surface area contributed by atoms with E-state index in [0.29, 0.717) is 18.2 Å².